The zero-order chi connectivity index (χ0) is 16.7. The minimum Gasteiger partial charge on any atom is -0.396 e. The van der Waals surface area contributed by atoms with E-state index in [1.54, 1.807) is 6.33 Å². The molecule has 4 heterocycles. The molecule has 24 heavy (non-hydrogen) atoms. The molecule has 9 heteroatoms. The first kappa shape index (κ1) is 14.5. The van der Waals surface area contributed by atoms with Crippen LogP contribution in [0.3, 0.4) is 0 Å². The molecule has 128 valence electrons. The zero-order valence-electron chi connectivity index (χ0n) is 13.4. The molecule has 2 aliphatic heterocycles. The molecular formula is C15H19N5O4. The summed E-state index contributed by atoms with van der Waals surface area (Å²) in [7, 11) is 0. The highest BCUT2D eigenvalue weighted by Crippen LogP contribution is 2.62. The second kappa shape index (κ2) is 4.42. The van der Waals surface area contributed by atoms with Crippen LogP contribution in [0.4, 0.5) is 5.82 Å². The summed E-state index contributed by atoms with van der Waals surface area (Å²) in [4.78, 5) is 12.6. The summed E-state index contributed by atoms with van der Waals surface area (Å²) in [6, 6.07) is 0. The highest BCUT2D eigenvalue weighted by atomic mass is 16.8. The normalized spacial score (nSPS) is 39.6. The van der Waals surface area contributed by atoms with Crippen molar-refractivity contribution in [3.05, 3.63) is 12.7 Å². The Morgan fingerprint density at radius 1 is 1.29 bits per heavy atom. The molecule has 1 saturated carbocycles. The van der Waals surface area contributed by atoms with Crippen LogP contribution in [0.2, 0.25) is 0 Å². The van der Waals surface area contributed by atoms with Crippen LogP contribution in [0.1, 0.15) is 26.5 Å². The summed E-state index contributed by atoms with van der Waals surface area (Å²) in [6.45, 7) is 3.84. The largest absolute Gasteiger partial charge is 0.396 e. The van der Waals surface area contributed by atoms with Crippen LogP contribution >= 0.6 is 0 Å². The van der Waals surface area contributed by atoms with Crippen molar-refractivity contribution in [3.8, 4) is 0 Å². The van der Waals surface area contributed by atoms with Crippen molar-refractivity contribution in [2.24, 2.45) is 5.92 Å². The van der Waals surface area contributed by atoms with E-state index in [0.717, 1.165) is 6.42 Å². The molecule has 3 N–H and O–H groups in total. The van der Waals surface area contributed by atoms with Crippen molar-refractivity contribution in [1.82, 2.24) is 19.5 Å². The predicted molar refractivity (Wildman–Crippen MR) is 81.6 cm³/mol. The van der Waals surface area contributed by atoms with E-state index in [4.69, 9.17) is 19.9 Å². The molecule has 0 radical (unpaired) electrons. The van der Waals surface area contributed by atoms with E-state index < -0.39 is 17.6 Å². The van der Waals surface area contributed by atoms with Crippen LogP contribution in [-0.4, -0.2) is 54.8 Å². The minimum absolute atomic E-state index is 0.0574. The number of imidazole rings is 1. The standard InChI is InChI=1S/C15H19N5O4/c1-14(2)22-9-10(23-14)15(3-7(15)4-21)24-13(9)20-6-19-8-11(16)17-5-18-12(8)20/h5-7,9-10,13,21H,3-4H2,1-2H3,(H2,16,17,18)/t7-,9?,10-,13-,15+/m1/s1. The molecule has 0 bridgehead atoms. The van der Waals surface area contributed by atoms with E-state index in [-0.39, 0.29) is 24.7 Å². The highest BCUT2D eigenvalue weighted by molar-refractivity contribution is 5.81. The number of aliphatic hydroxyl groups excluding tert-OH is 1. The zero-order valence-corrected chi connectivity index (χ0v) is 13.4. The van der Waals surface area contributed by atoms with Gasteiger partial charge in [0.25, 0.3) is 0 Å². The molecule has 2 saturated heterocycles. The van der Waals surface area contributed by atoms with E-state index in [2.05, 4.69) is 15.0 Å². The number of hydrogen-bond acceptors (Lipinski definition) is 8. The SMILES string of the molecule is CC1(C)OC2[C@H](n3cnc4c(N)ncnc43)O[C@]3(C[C@@H]3CO)[C@@H]2O1. The molecule has 9 nitrogen and oxygen atoms in total. The Bertz CT molecular complexity index is 823. The van der Waals surface area contributed by atoms with Crippen LogP contribution in [0.15, 0.2) is 12.7 Å². The molecule has 3 aliphatic rings. The number of nitrogen functional groups attached to an aromatic ring is 1. The summed E-state index contributed by atoms with van der Waals surface area (Å²) in [5, 5.41) is 9.57. The van der Waals surface area contributed by atoms with Gasteiger partial charge in [-0.25, -0.2) is 15.0 Å². The molecule has 1 spiro atoms. The molecule has 3 fully saturated rings. The van der Waals surface area contributed by atoms with Gasteiger partial charge in [0.05, 0.1) is 6.33 Å². The smallest absolute Gasteiger partial charge is 0.167 e. The van der Waals surface area contributed by atoms with Crippen molar-refractivity contribution in [2.45, 2.75) is 50.1 Å². The molecular weight excluding hydrogens is 314 g/mol. The number of aliphatic hydroxyl groups is 1. The fourth-order valence-corrected chi connectivity index (χ4v) is 4.04. The molecule has 2 aromatic rings. The van der Waals surface area contributed by atoms with Gasteiger partial charge in [-0.1, -0.05) is 0 Å². The maximum Gasteiger partial charge on any atom is 0.167 e. The van der Waals surface area contributed by atoms with Gasteiger partial charge >= 0.3 is 0 Å². The fourth-order valence-electron chi connectivity index (χ4n) is 4.04. The molecule has 1 unspecified atom stereocenters. The van der Waals surface area contributed by atoms with Gasteiger partial charge in [-0.2, -0.15) is 0 Å². The second-order valence-electron chi connectivity index (χ2n) is 7.15. The van der Waals surface area contributed by atoms with E-state index in [9.17, 15) is 5.11 Å². The number of ether oxygens (including phenoxy) is 3. The van der Waals surface area contributed by atoms with Crippen molar-refractivity contribution in [1.29, 1.82) is 0 Å². The van der Waals surface area contributed by atoms with Gasteiger partial charge in [-0.3, -0.25) is 4.57 Å². The first-order valence-corrected chi connectivity index (χ1v) is 8.02. The van der Waals surface area contributed by atoms with Gasteiger partial charge < -0.3 is 25.1 Å². The predicted octanol–water partition coefficient (Wildman–Crippen LogP) is 0.208. The van der Waals surface area contributed by atoms with Crippen LogP contribution in [0.5, 0.6) is 0 Å². The van der Waals surface area contributed by atoms with Crippen molar-refractivity contribution >= 4 is 17.0 Å². The Morgan fingerprint density at radius 2 is 2.12 bits per heavy atom. The van der Waals surface area contributed by atoms with E-state index in [1.807, 2.05) is 18.4 Å². The lowest BCUT2D eigenvalue weighted by Gasteiger charge is -2.25. The van der Waals surface area contributed by atoms with Crippen LogP contribution in [0.25, 0.3) is 11.2 Å². The van der Waals surface area contributed by atoms with Gasteiger partial charge in [-0.05, 0) is 20.3 Å². The molecule has 5 rings (SSSR count). The Hall–Kier alpha value is -1.81. The third-order valence-corrected chi connectivity index (χ3v) is 5.21. The lowest BCUT2D eigenvalue weighted by atomic mass is 10.1. The Morgan fingerprint density at radius 3 is 2.88 bits per heavy atom. The van der Waals surface area contributed by atoms with Gasteiger partial charge in [-0.15, -0.1) is 0 Å². The quantitative estimate of drug-likeness (QED) is 0.801. The second-order valence-corrected chi connectivity index (χ2v) is 7.15. The molecule has 1 aliphatic carbocycles. The molecule has 0 amide bonds. The Kier molecular flexibility index (Phi) is 2.68. The van der Waals surface area contributed by atoms with E-state index in [0.29, 0.717) is 17.0 Å². The Balaban J connectivity index is 1.59. The number of rotatable bonds is 2. The first-order chi connectivity index (χ1) is 11.5. The summed E-state index contributed by atoms with van der Waals surface area (Å²) in [5.41, 5.74) is 6.49. The summed E-state index contributed by atoms with van der Waals surface area (Å²) in [5.74, 6) is -0.314. The summed E-state index contributed by atoms with van der Waals surface area (Å²) in [6.07, 6.45) is 2.83. The third-order valence-electron chi connectivity index (χ3n) is 5.21. The van der Waals surface area contributed by atoms with Crippen LogP contribution < -0.4 is 5.73 Å². The number of aromatic nitrogens is 4. The number of hydrogen-bond donors (Lipinski definition) is 2. The molecule has 2 aromatic heterocycles. The number of anilines is 1. The summed E-state index contributed by atoms with van der Waals surface area (Å²) < 4.78 is 20.3. The number of nitrogens with zero attached hydrogens (tertiary/aromatic N) is 4. The third kappa shape index (κ3) is 1.75. The maximum atomic E-state index is 9.57. The van der Waals surface area contributed by atoms with Gasteiger partial charge in [0.15, 0.2) is 23.5 Å². The lowest BCUT2D eigenvalue weighted by Crippen LogP contribution is -2.33. The Labute approximate surface area is 137 Å². The summed E-state index contributed by atoms with van der Waals surface area (Å²) >= 11 is 0. The van der Waals surface area contributed by atoms with Crippen molar-refractivity contribution in [3.63, 3.8) is 0 Å². The first-order valence-electron chi connectivity index (χ1n) is 8.02. The lowest BCUT2D eigenvalue weighted by molar-refractivity contribution is -0.204. The van der Waals surface area contributed by atoms with E-state index in [1.165, 1.54) is 6.33 Å². The molecule has 5 atom stereocenters. The van der Waals surface area contributed by atoms with E-state index >= 15 is 0 Å². The van der Waals surface area contributed by atoms with Crippen LogP contribution in [0, 0.1) is 5.92 Å². The minimum atomic E-state index is -0.697. The monoisotopic (exact) mass is 333 g/mol. The van der Waals surface area contributed by atoms with Crippen LogP contribution in [-0.2, 0) is 14.2 Å². The van der Waals surface area contributed by atoms with Gasteiger partial charge in [0, 0.05) is 12.5 Å². The van der Waals surface area contributed by atoms with Gasteiger partial charge in [0.1, 0.15) is 29.7 Å². The average molecular weight is 333 g/mol. The average Bonchev–Trinajstić information content (AvgIpc) is 2.78. The van der Waals surface area contributed by atoms with Gasteiger partial charge in [0.2, 0.25) is 0 Å². The van der Waals surface area contributed by atoms with Crippen molar-refractivity contribution < 1.29 is 19.3 Å². The maximum absolute atomic E-state index is 9.57. The fraction of sp³-hybridized carbons (Fsp3) is 0.667. The molecule has 0 aromatic carbocycles. The highest BCUT2D eigenvalue weighted by Gasteiger charge is 2.73. The number of nitrogens with two attached hydrogens (primary N) is 1. The topological polar surface area (TPSA) is 118 Å². The number of fused-ring (bicyclic) bond motifs is 3. The van der Waals surface area contributed by atoms with Crippen molar-refractivity contribution in [2.75, 3.05) is 12.3 Å².